The van der Waals surface area contributed by atoms with Crippen LogP contribution < -0.4 is 0 Å². The van der Waals surface area contributed by atoms with E-state index in [1.807, 2.05) is 0 Å². The topological polar surface area (TPSA) is 17.1 Å². The Morgan fingerprint density at radius 2 is 2.07 bits per heavy atom. The van der Waals surface area contributed by atoms with Gasteiger partial charge in [0.2, 0.25) is 0 Å². The van der Waals surface area contributed by atoms with Crippen LogP contribution in [0.15, 0.2) is 18.2 Å². The fraction of sp³-hybridized carbons (Fsp3) is 0.462. The first-order chi connectivity index (χ1) is 6.66. The molecule has 1 heteroatoms. The van der Waals surface area contributed by atoms with Crippen LogP contribution in [0.3, 0.4) is 0 Å². The molecule has 0 radical (unpaired) electrons. The summed E-state index contributed by atoms with van der Waals surface area (Å²) in [5, 5.41) is 0. The summed E-state index contributed by atoms with van der Waals surface area (Å²) < 4.78 is 0. The predicted octanol–water partition coefficient (Wildman–Crippen LogP) is 3.25. The van der Waals surface area contributed by atoms with Crippen molar-refractivity contribution in [1.82, 2.24) is 0 Å². The van der Waals surface area contributed by atoms with E-state index in [9.17, 15) is 4.79 Å². The molecule has 1 nitrogen and oxygen atoms in total. The van der Waals surface area contributed by atoms with Gasteiger partial charge in [0.1, 0.15) is 6.29 Å². The summed E-state index contributed by atoms with van der Waals surface area (Å²) in [4.78, 5) is 10.3. The number of benzene rings is 1. The van der Waals surface area contributed by atoms with Gasteiger partial charge >= 0.3 is 0 Å². The van der Waals surface area contributed by atoms with Gasteiger partial charge in [-0.25, -0.2) is 0 Å². The lowest BCUT2D eigenvalue weighted by molar-refractivity contribution is -0.107. The molecule has 0 bridgehead atoms. The number of hydrogen-bond acceptors (Lipinski definition) is 1. The van der Waals surface area contributed by atoms with Crippen LogP contribution in [0.2, 0.25) is 0 Å². The van der Waals surface area contributed by atoms with E-state index in [-0.39, 0.29) is 0 Å². The predicted molar refractivity (Wildman–Crippen MR) is 59.7 cm³/mol. The quantitative estimate of drug-likeness (QED) is 0.666. The van der Waals surface area contributed by atoms with E-state index in [1.165, 1.54) is 16.7 Å². The van der Waals surface area contributed by atoms with E-state index in [2.05, 4.69) is 39.0 Å². The molecular formula is C13H18O. The average molecular weight is 190 g/mol. The van der Waals surface area contributed by atoms with Crippen molar-refractivity contribution < 1.29 is 4.79 Å². The molecule has 0 unspecified atom stereocenters. The molecule has 0 aliphatic heterocycles. The molecular weight excluding hydrogens is 172 g/mol. The van der Waals surface area contributed by atoms with Crippen LogP contribution in [-0.2, 0) is 11.2 Å². The third-order valence-electron chi connectivity index (χ3n) is 2.64. The summed E-state index contributed by atoms with van der Waals surface area (Å²) in [6.45, 7) is 6.55. The largest absolute Gasteiger partial charge is 0.303 e. The fourth-order valence-corrected chi connectivity index (χ4v) is 1.81. The average Bonchev–Trinajstić information content (AvgIpc) is 2.16. The minimum Gasteiger partial charge on any atom is -0.303 e. The van der Waals surface area contributed by atoms with Crippen molar-refractivity contribution in [3.8, 4) is 0 Å². The van der Waals surface area contributed by atoms with Crippen molar-refractivity contribution >= 4 is 6.29 Å². The zero-order valence-corrected chi connectivity index (χ0v) is 9.21. The Kier molecular flexibility index (Phi) is 3.87. The molecule has 0 spiro atoms. The summed E-state index contributed by atoms with van der Waals surface area (Å²) in [6, 6.07) is 6.37. The van der Waals surface area contributed by atoms with Gasteiger partial charge in [0, 0.05) is 6.42 Å². The van der Waals surface area contributed by atoms with Crippen LogP contribution >= 0.6 is 0 Å². The number of aldehydes is 1. The highest BCUT2D eigenvalue weighted by Crippen LogP contribution is 2.22. The highest BCUT2D eigenvalue weighted by atomic mass is 16.1. The Morgan fingerprint density at radius 3 is 2.64 bits per heavy atom. The molecule has 0 aliphatic carbocycles. The van der Waals surface area contributed by atoms with Crippen LogP contribution in [-0.4, -0.2) is 6.29 Å². The first-order valence-electron chi connectivity index (χ1n) is 5.18. The van der Waals surface area contributed by atoms with E-state index in [4.69, 9.17) is 0 Å². The third-order valence-corrected chi connectivity index (χ3v) is 2.64. The van der Waals surface area contributed by atoms with Gasteiger partial charge in [-0.1, -0.05) is 32.0 Å². The molecule has 1 aromatic carbocycles. The number of hydrogen-bond donors (Lipinski definition) is 0. The number of carbonyl (C=O) groups excluding carboxylic acids is 1. The van der Waals surface area contributed by atoms with Gasteiger partial charge in [-0.15, -0.1) is 0 Å². The third kappa shape index (κ3) is 2.44. The van der Waals surface area contributed by atoms with E-state index < -0.39 is 0 Å². The van der Waals surface area contributed by atoms with E-state index >= 15 is 0 Å². The minimum absolute atomic E-state index is 0.561. The molecule has 0 saturated carbocycles. The summed E-state index contributed by atoms with van der Waals surface area (Å²) in [5.74, 6) is 0.561. The fourth-order valence-electron chi connectivity index (χ4n) is 1.81. The lowest BCUT2D eigenvalue weighted by Gasteiger charge is -2.13. The number of aryl methyl sites for hydroxylation is 1. The van der Waals surface area contributed by atoms with Crippen LogP contribution in [0.4, 0.5) is 0 Å². The molecule has 1 aromatic rings. The Hall–Kier alpha value is -1.11. The summed E-state index contributed by atoms with van der Waals surface area (Å²) in [6.07, 6.45) is 2.49. The molecule has 0 fully saturated rings. The Labute approximate surface area is 86.1 Å². The Bertz CT molecular complexity index is 313. The van der Waals surface area contributed by atoms with E-state index in [1.54, 1.807) is 0 Å². The number of carbonyl (C=O) groups is 1. The molecule has 0 saturated heterocycles. The second-order valence-corrected chi connectivity index (χ2v) is 3.99. The molecule has 0 heterocycles. The van der Waals surface area contributed by atoms with Crippen molar-refractivity contribution in [2.75, 3.05) is 0 Å². The van der Waals surface area contributed by atoms with Crippen molar-refractivity contribution in [2.45, 2.75) is 39.5 Å². The first-order valence-corrected chi connectivity index (χ1v) is 5.18. The maximum absolute atomic E-state index is 10.3. The van der Waals surface area contributed by atoms with E-state index in [0.29, 0.717) is 12.3 Å². The normalized spacial score (nSPS) is 10.6. The Morgan fingerprint density at radius 1 is 1.36 bits per heavy atom. The molecule has 0 amide bonds. The van der Waals surface area contributed by atoms with Gasteiger partial charge in [-0.05, 0) is 36.0 Å². The minimum atomic E-state index is 0.561. The Balaban J connectivity index is 2.95. The van der Waals surface area contributed by atoms with Crippen LogP contribution in [0.5, 0.6) is 0 Å². The summed E-state index contributed by atoms with van der Waals surface area (Å²) >= 11 is 0. The van der Waals surface area contributed by atoms with Crippen molar-refractivity contribution in [3.05, 3.63) is 34.9 Å². The number of rotatable bonds is 4. The molecule has 14 heavy (non-hydrogen) atoms. The summed E-state index contributed by atoms with van der Waals surface area (Å²) in [7, 11) is 0. The maximum atomic E-state index is 10.3. The van der Waals surface area contributed by atoms with Crippen LogP contribution in [0.25, 0.3) is 0 Å². The maximum Gasteiger partial charge on any atom is 0.120 e. The van der Waals surface area contributed by atoms with Gasteiger partial charge < -0.3 is 4.79 Å². The van der Waals surface area contributed by atoms with Crippen molar-refractivity contribution in [3.63, 3.8) is 0 Å². The molecule has 1 rings (SSSR count). The van der Waals surface area contributed by atoms with Gasteiger partial charge in [0.05, 0.1) is 0 Å². The molecule has 0 aliphatic rings. The van der Waals surface area contributed by atoms with Crippen molar-refractivity contribution in [2.24, 2.45) is 0 Å². The monoisotopic (exact) mass is 190 g/mol. The standard InChI is InChI=1S/C13H18O/c1-10(2)13-8-4-6-12(11(13)3)7-5-9-14/h4,6,8-10H,5,7H2,1-3H3. The zero-order valence-electron chi connectivity index (χ0n) is 9.21. The first kappa shape index (κ1) is 11.0. The summed E-state index contributed by atoms with van der Waals surface area (Å²) in [5.41, 5.74) is 4.06. The van der Waals surface area contributed by atoms with Gasteiger partial charge in [-0.3, -0.25) is 0 Å². The van der Waals surface area contributed by atoms with Crippen LogP contribution in [0.1, 0.15) is 42.9 Å². The molecule has 76 valence electrons. The molecule has 0 N–H and O–H groups in total. The lowest BCUT2D eigenvalue weighted by atomic mass is 9.93. The highest BCUT2D eigenvalue weighted by Gasteiger charge is 2.06. The van der Waals surface area contributed by atoms with Gasteiger partial charge in [-0.2, -0.15) is 0 Å². The molecule has 0 aromatic heterocycles. The van der Waals surface area contributed by atoms with Gasteiger partial charge in [0.15, 0.2) is 0 Å². The second kappa shape index (κ2) is 4.94. The van der Waals surface area contributed by atoms with Gasteiger partial charge in [0.25, 0.3) is 0 Å². The SMILES string of the molecule is Cc1c(CCC=O)cccc1C(C)C. The second-order valence-electron chi connectivity index (χ2n) is 3.99. The lowest BCUT2D eigenvalue weighted by Crippen LogP contribution is -1.97. The smallest absolute Gasteiger partial charge is 0.120 e. The van der Waals surface area contributed by atoms with E-state index in [0.717, 1.165) is 12.7 Å². The highest BCUT2D eigenvalue weighted by molar-refractivity contribution is 5.50. The van der Waals surface area contributed by atoms with Crippen molar-refractivity contribution in [1.29, 1.82) is 0 Å². The molecule has 0 atom stereocenters. The zero-order chi connectivity index (χ0) is 10.6. The van der Waals surface area contributed by atoms with Crippen LogP contribution in [0, 0.1) is 6.92 Å².